The van der Waals surface area contributed by atoms with E-state index in [0.29, 0.717) is 12.6 Å². The first-order valence-corrected chi connectivity index (χ1v) is 6.57. The van der Waals surface area contributed by atoms with E-state index in [0.717, 1.165) is 25.2 Å². The lowest BCUT2D eigenvalue weighted by atomic mass is 10.2. The van der Waals surface area contributed by atoms with E-state index in [1.165, 1.54) is 6.07 Å². The van der Waals surface area contributed by atoms with Gasteiger partial charge in [-0.1, -0.05) is 6.07 Å². The second-order valence-electron chi connectivity index (χ2n) is 5.06. The molecular formula is C14H20FN3O. The van der Waals surface area contributed by atoms with Crippen LogP contribution in [0.3, 0.4) is 0 Å². The number of nitrogens with zero attached hydrogens (tertiary/aromatic N) is 1. The summed E-state index contributed by atoms with van der Waals surface area (Å²) in [6, 6.07) is 5.13. The zero-order chi connectivity index (χ0) is 13.8. The molecular weight excluding hydrogens is 245 g/mol. The second-order valence-corrected chi connectivity index (χ2v) is 5.06. The Morgan fingerprint density at radius 1 is 1.58 bits per heavy atom. The molecule has 1 amide bonds. The summed E-state index contributed by atoms with van der Waals surface area (Å²) in [6.07, 6.45) is 0. The number of rotatable bonds is 3. The third kappa shape index (κ3) is 3.75. The van der Waals surface area contributed by atoms with Crippen molar-refractivity contribution in [2.45, 2.75) is 19.9 Å². The minimum absolute atomic E-state index is 0.170. The van der Waals surface area contributed by atoms with Crippen LogP contribution >= 0.6 is 0 Å². The Balaban J connectivity index is 1.93. The molecule has 5 heteroatoms. The Bertz CT molecular complexity index is 464. The summed E-state index contributed by atoms with van der Waals surface area (Å²) >= 11 is 0. The van der Waals surface area contributed by atoms with Gasteiger partial charge in [-0.25, -0.2) is 4.39 Å². The normalized spacial score (nSPS) is 20.3. The molecule has 0 aromatic heterocycles. The number of carbonyl (C=O) groups excluding carboxylic acids is 1. The molecule has 0 aliphatic carbocycles. The molecule has 0 bridgehead atoms. The molecule has 19 heavy (non-hydrogen) atoms. The second kappa shape index (κ2) is 6.12. The van der Waals surface area contributed by atoms with Crippen LogP contribution in [0.15, 0.2) is 18.2 Å². The lowest BCUT2D eigenvalue weighted by Gasteiger charge is -2.33. The van der Waals surface area contributed by atoms with E-state index in [1.807, 2.05) is 6.92 Å². The number of halogens is 1. The third-order valence-corrected chi connectivity index (χ3v) is 3.38. The summed E-state index contributed by atoms with van der Waals surface area (Å²) < 4.78 is 13.6. The van der Waals surface area contributed by atoms with Gasteiger partial charge in [-0.15, -0.1) is 0 Å². The Hall–Kier alpha value is -1.46. The fraction of sp³-hybridized carbons (Fsp3) is 0.500. The number of hydrogen-bond acceptors (Lipinski definition) is 3. The summed E-state index contributed by atoms with van der Waals surface area (Å²) in [5, 5.41) is 5.90. The molecule has 0 unspecified atom stereocenters. The molecule has 1 saturated heterocycles. The number of anilines is 1. The summed E-state index contributed by atoms with van der Waals surface area (Å²) in [5.41, 5.74) is 1.09. The SMILES string of the molecule is Cc1ccc(NC(=O)CN2CCNC[C@@H]2C)c(F)c1. The standard InChI is InChI=1S/C14H20FN3O/c1-10-3-4-13(12(15)7-10)17-14(19)9-18-6-5-16-8-11(18)2/h3-4,7,11,16H,5-6,8-9H2,1-2H3,(H,17,19)/t11-/m0/s1. The molecule has 0 saturated carbocycles. The maximum atomic E-state index is 13.6. The van der Waals surface area contributed by atoms with Crippen LogP contribution < -0.4 is 10.6 Å². The molecule has 1 heterocycles. The van der Waals surface area contributed by atoms with Gasteiger partial charge in [0.05, 0.1) is 12.2 Å². The maximum Gasteiger partial charge on any atom is 0.238 e. The fourth-order valence-corrected chi connectivity index (χ4v) is 2.21. The predicted molar refractivity (Wildman–Crippen MR) is 73.7 cm³/mol. The van der Waals surface area contributed by atoms with Gasteiger partial charge in [0.2, 0.25) is 5.91 Å². The van der Waals surface area contributed by atoms with Gasteiger partial charge in [0, 0.05) is 25.7 Å². The van der Waals surface area contributed by atoms with E-state index >= 15 is 0 Å². The Kier molecular flexibility index (Phi) is 4.50. The molecule has 1 aliphatic heterocycles. The number of piperazine rings is 1. The molecule has 0 radical (unpaired) electrons. The number of benzene rings is 1. The van der Waals surface area contributed by atoms with Gasteiger partial charge >= 0.3 is 0 Å². The van der Waals surface area contributed by atoms with Crippen LogP contribution in [0.4, 0.5) is 10.1 Å². The molecule has 0 spiro atoms. The van der Waals surface area contributed by atoms with Crippen molar-refractivity contribution in [2.75, 3.05) is 31.5 Å². The Labute approximate surface area is 113 Å². The number of hydrogen-bond donors (Lipinski definition) is 2. The third-order valence-electron chi connectivity index (χ3n) is 3.38. The molecule has 1 aliphatic rings. The van der Waals surface area contributed by atoms with E-state index in [9.17, 15) is 9.18 Å². The average Bonchev–Trinajstić information content (AvgIpc) is 2.36. The van der Waals surface area contributed by atoms with Crippen molar-refractivity contribution in [2.24, 2.45) is 0 Å². The molecule has 1 aromatic carbocycles. The first kappa shape index (κ1) is 14.0. The molecule has 2 rings (SSSR count). The highest BCUT2D eigenvalue weighted by Gasteiger charge is 2.20. The van der Waals surface area contributed by atoms with Gasteiger partial charge in [-0.3, -0.25) is 9.69 Å². The molecule has 2 N–H and O–H groups in total. The smallest absolute Gasteiger partial charge is 0.238 e. The molecule has 104 valence electrons. The van der Waals surface area contributed by atoms with Crippen LogP contribution in [0.25, 0.3) is 0 Å². The molecule has 4 nitrogen and oxygen atoms in total. The van der Waals surface area contributed by atoms with Gasteiger partial charge in [-0.2, -0.15) is 0 Å². The molecule has 1 aromatic rings. The largest absolute Gasteiger partial charge is 0.322 e. The van der Waals surface area contributed by atoms with E-state index in [1.54, 1.807) is 12.1 Å². The van der Waals surface area contributed by atoms with Crippen LogP contribution in [0.2, 0.25) is 0 Å². The van der Waals surface area contributed by atoms with Crippen molar-refractivity contribution in [3.05, 3.63) is 29.6 Å². The monoisotopic (exact) mass is 265 g/mol. The maximum absolute atomic E-state index is 13.6. The van der Waals surface area contributed by atoms with Gasteiger partial charge in [0.15, 0.2) is 0 Å². The van der Waals surface area contributed by atoms with E-state index in [-0.39, 0.29) is 17.4 Å². The zero-order valence-electron chi connectivity index (χ0n) is 11.4. The van der Waals surface area contributed by atoms with Crippen LogP contribution in [-0.4, -0.2) is 43.0 Å². The predicted octanol–water partition coefficient (Wildman–Crippen LogP) is 1.37. The lowest BCUT2D eigenvalue weighted by Crippen LogP contribution is -2.52. The van der Waals surface area contributed by atoms with Crippen LogP contribution in [-0.2, 0) is 4.79 Å². The number of nitrogens with one attached hydrogen (secondary N) is 2. The highest BCUT2D eigenvalue weighted by atomic mass is 19.1. The van der Waals surface area contributed by atoms with Crippen LogP contribution in [0.1, 0.15) is 12.5 Å². The van der Waals surface area contributed by atoms with Crippen molar-refractivity contribution in [1.82, 2.24) is 10.2 Å². The van der Waals surface area contributed by atoms with E-state index < -0.39 is 0 Å². The van der Waals surface area contributed by atoms with Crippen molar-refractivity contribution in [1.29, 1.82) is 0 Å². The molecule has 1 atom stereocenters. The lowest BCUT2D eigenvalue weighted by molar-refractivity contribution is -0.118. The fourth-order valence-electron chi connectivity index (χ4n) is 2.21. The van der Waals surface area contributed by atoms with Gasteiger partial charge in [0.1, 0.15) is 5.82 Å². The summed E-state index contributed by atoms with van der Waals surface area (Å²) in [4.78, 5) is 14.0. The number of carbonyl (C=O) groups is 1. The minimum atomic E-state index is -0.387. The Morgan fingerprint density at radius 2 is 2.37 bits per heavy atom. The van der Waals surface area contributed by atoms with Gasteiger partial charge < -0.3 is 10.6 Å². The van der Waals surface area contributed by atoms with E-state index in [4.69, 9.17) is 0 Å². The Morgan fingerprint density at radius 3 is 3.05 bits per heavy atom. The number of amides is 1. The summed E-state index contributed by atoms with van der Waals surface area (Å²) in [6.45, 7) is 6.80. The highest BCUT2D eigenvalue weighted by molar-refractivity contribution is 5.92. The average molecular weight is 265 g/mol. The van der Waals surface area contributed by atoms with Crippen LogP contribution in [0.5, 0.6) is 0 Å². The van der Waals surface area contributed by atoms with Crippen molar-refractivity contribution in [3.8, 4) is 0 Å². The van der Waals surface area contributed by atoms with Crippen molar-refractivity contribution in [3.63, 3.8) is 0 Å². The first-order valence-electron chi connectivity index (χ1n) is 6.57. The zero-order valence-corrected chi connectivity index (χ0v) is 11.4. The summed E-state index contributed by atoms with van der Waals surface area (Å²) in [7, 11) is 0. The molecule has 1 fully saturated rings. The van der Waals surface area contributed by atoms with Crippen LogP contribution in [0, 0.1) is 12.7 Å². The minimum Gasteiger partial charge on any atom is -0.322 e. The highest BCUT2D eigenvalue weighted by Crippen LogP contribution is 2.15. The van der Waals surface area contributed by atoms with Gasteiger partial charge in [0.25, 0.3) is 0 Å². The van der Waals surface area contributed by atoms with E-state index in [2.05, 4.69) is 22.5 Å². The number of aryl methyl sites for hydroxylation is 1. The van der Waals surface area contributed by atoms with Crippen molar-refractivity contribution < 1.29 is 9.18 Å². The topological polar surface area (TPSA) is 44.4 Å². The quantitative estimate of drug-likeness (QED) is 0.867. The summed E-state index contributed by atoms with van der Waals surface area (Å²) in [5.74, 6) is -0.557. The van der Waals surface area contributed by atoms with Crippen molar-refractivity contribution >= 4 is 11.6 Å². The first-order chi connectivity index (χ1) is 9.06. The van der Waals surface area contributed by atoms with Gasteiger partial charge in [-0.05, 0) is 31.5 Å².